The molecule has 0 N–H and O–H groups in total. The Labute approximate surface area is 208 Å². The molecule has 2 fully saturated rings. The largest absolute Gasteiger partial charge is 0.401 e. The SMILES string of the molecule is N#Cc1nc(N2CC3(CC(c4nnc5n4-c4ccc(Cl)cc4CN(CC(F)(F)F)C5)C3)C2)ccc1F. The van der Waals surface area contributed by atoms with Crippen LogP contribution in [0.4, 0.5) is 23.4 Å². The third-order valence-electron chi connectivity index (χ3n) is 7.24. The van der Waals surface area contributed by atoms with Gasteiger partial charge in [-0.15, -0.1) is 10.2 Å². The van der Waals surface area contributed by atoms with Gasteiger partial charge in [0, 0.05) is 36.0 Å². The van der Waals surface area contributed by atoms with Crippen molar-refractivity contribution < 1.29 is 17.6 Å². The van der Waals surface area contributed by atoms with Gasteiger partial charge in [0.2, 0.25) is 0 Å². The lowest BCUT2D eigenvalue weighted by Gasteiger charge is -2.59. The van der Waals surface area contributed by atoms with E-state index in [0.717, 1.165) is 37.4 Å². The van der Waals surface area contributed by atoms with E-state index < -0.39 is 18.5 Å². The van der Waals surface area contributed by atoms with E-state index in [1.807, 2.05) is 15.5 Å². The minimum absolute atomic E-state index is 0.0297. The number of aromatic nitrogens is 4. The summed E-state index contributed by atoms with van der Waals surface area (Å²) in [6.45, 7) is 0.562. The summed E-state index contributed by atoms with van der Waals surface area (Å²) in [4.78, 5) is 7.44. The third-order valence-corrected chi connectivity index (χ3v) is 7.47. The normalized spacial score (nSPS) is 19.2. The summed E-state index contributed by atoms with van der Waals surface area (Å²) in [5.74, 6) is 1.28. The maximum Gasteiger partial charge on any atom is 0.401 e. The molecule has 0 bridgehead atoms. The molecule has 2 aromatic heterocycles. The number of halogens is 5. The number of rotatable bonds is 3. The Kier molecular flexibility index (Phi) is 5.25. The van der Waals surface area contributed by atoms with Crippen molar-refractivity contribution in [3.05, 3.63) is 64.1 Å². The molecule has 1 aromatic carbocycles. The van der Waals surface area contributed by atoms with Crippen molar-refractivity contribution >= 4 is 17.4 Å². The van der Waals surface area contributed by atoms with Crippen molar-refractivity contribution in [3.8, 4) is 11.8 Å². The molecule has 7 nitrogen and oxygen atoms in total. The van der Waals surface area contributed by atoms with E-state index in [9.17, 15) is 17.6 Å². The lowest BCUT2D eigenvalue weighted by molar-refractivity contribution is -0.148. The second-order valence-electron chi connectivity index (χ2n) is 9.92. The predicted molar refractivity (Wildman–Crippen MR) is 122 cm³/mol. The van der Waals surface area contributed by atoms with Crippen molar-refractivity contribution in [2.24, 2.45) is 5.41 Å². The molecular weight excluding hydrogens is 498 g/mol. The van der Waals surface area contributed by atoms with Gasteiger partial charge in [-0.2, -0.15) is 18.4 Å². The van der Waals surface area contributed by atoms with Crippen molar-refractivity contribution in [1.82, 2.24) is 24.6 Å². The Balaban J connectivity index is 1.22. The topological polar surface area (TPSA) is 73.9 Å². The Morgan fingerprint density at radius 1 is 1.11 bits per heavy atom. The molecule has 36 heavy (non-hydrogen) atoms. The number of hydrogen-bond acceptors (Lipinski definition) is 6. The van der Waals surface area contributed by atoms with Crippen molar-refractivity contribution in [3.63, 3.8) is 0 Å². The third kappa shape index (κ3) is 3.98. The minimum Gasteiger partial charge on any atom is -0.355 e. The van der Waals surface area contributed by atoms with E-state index in [1.54, 1.807) is 24.3 Å². The van der Waals surface area contributed by atoms with Crippen LogP contribution in [0.2, 0.25) is 5.02 Å². The molecule has 186 valence electrons. The number of benzene rings is 1. The molecule has 3 aliphatic rings. The van der Waals surface area contributed by atoms with Crippen LogP contribution in [0.25, 0.3) is 5.69 Å². The van der Waals surface area contributed by atoms with E-state index in [2.05, 4.69) is 15.2 Å². The second-order valence-corrected chi connectivity index (χ2v) is 10.4. The number of fused-ring (bicyclic) bond motifs is 3. The number of pyridine rings is 1. The molecule has 4 heterocycles. The highest BCUT2D eigenvalue weighted by Crippen LogP contribution is 2.56. The number of anilines is 1. The Bertz CT molecular complexity index is 1380. The highest BCUT2D eigenvalue weighted by atomic mass is 35.5. The van der Waals surface area contributed by atoms with Crippen molar-refractivity contribution in [1.29, 1.82) is 5.26 Å². The molecule has 1 aliphatic carbocycles. The van der Waals surface area contributed by atoms with Crippen LogP contribution in [0, 0.1) is 22.6 Å². The summed E-state index contributed by atoms with van der Waals surface area (Å²) in [6.07, 6.45) is -2.63. The number of nitrogens with zero attached hydrogens (tertiary/aromatic N) is 7. The average molecular weight is 518 g/mol. The molecule has 1 saturated heterocycles. The van der Waals surface area contributed by atoms with Crippen LogP contribution in [-0.4, -0.2) is 50.5 Å². The Morgan fingerprint density at radius 2 is 1.89 bits per heavy atom. The maximum atomic E-state index is 13.6. The first-order valence-corrected chi connectivity index (χ1v) is 11.8. The zero-order chi connectivity index (χ0) is 25.2. The zero-order valence-electron chi connectivity index (χ0n) is 18.9. The molecule has 12 heteroatoms. The lowest BCUT2D eigenvalue weighted by Crippen LogP contribution is -2.62. The van der Waals surface area contributed by atoms with Gasteiger partial charge in [0.05, 0.1) is 18.8 Å². The van der Waals surface area contributed by atoms with Crippen LogP contribution in [0.3, 0.4) is 0 Å². The fourth-order valence-corrected chi connectivity index (χ4v) is 5.95. The molecule has 0 amide bonds. The number of nitriles is 1. The zero-order valence-corrected chi connectivity index (χ0v) is 19.7. The Hall–Kier alpha value is -3.23. The molecule has 1 spiro atoms. The van der Waals surface area contributed by atoms with Gasteiger partial charge in [-0.25, -0.2) is 9.37 Å². The lowest BCUT2D eigenvalue weighted by atomic mass is 9.57. The molecule has 0 atom stereocenters. The number of alkyl halides is 3. The van der Waals surface area contributed by atoms with Crippen LogP contribution >= 0.6 is 11.6 Å². The standard InChI is InChI=1S/C24H20ClF4N7/c25-16-1-3-19-14(5-16)9-34(13-24(27,28)29)10-21-32-33-22(36(19)21)15-6-23(7-15)11-35(12-23)20-4-2-17(26)18(8-30)31-20/h1-5,15H,6-7,9-13H2. The molecule has 0 unspecified atom stereocenters. The van der Waals surface area contributed by atoms with Crippen LogP contribution in [0.1, 0.15) is 41.7 Å². The van der Waals surface area contributed by atoms with E-state index in [-0.39, 0.29) is 30.1 Å². The molecule has 3 aromatic rings. The van der Waals surface area contributed by atoms with Gasteiger partial charge in [-0.3, -0.25) is 9.47 Å². The quantitative estimate of drug-likeness (QED) is 0.473. The van der Waals surface area contributed by atoms with Gasteiger partial charge in [-0.05, 0) is 48.7 Å². The van der Waals surface area contributed by atoms with Crippen LogP contribution < -0.4 is 4.90 Å². The second kappa shape index (κ2) is 8.15. The first-order valence-electron chi connectivity index (χ1n) is 11.5. The summed E-state index contributed by atoms with van der Waals surface area (Å²) < 4.78 is 55.1. The van der Waals surface area contributed by atoms with E-state index in [0.29, 0.717) is 22.2 Å². The van der Waals surface area contributed by atoms with Gasteiger partial charge in [0.15, 0.2) is 17.3 Å². The van der Waals surface area contributed by atoms with Gasteiger partial charge < -0.3 is 4.90 Å². The average Bonchev–Trinajstić information content (AvgIpc) is 3.08. The monoisotopic (exact) mass is 517 g/mol. The minimum atomic E-state index is -4.33. The van der Waals surface area contributed by atoms with E-state index in [1.165, 1.54) is 11.0 Å². The predicted octanol–water partition coefficient (Wildman–Crippen LogP) is 4.59. The van der Waals surface area contributed by atoms with Gasteiger partial charge >= 0.3 is 6.18 Å². The van der Waals surface area contributed by atoms with Gasteiger partial charge in [0.25, 0.3) is 0 Å². The number of hydrogen-bond donors (Lipinski definition) is 0. The van der Waals surface area contributed by atoms with Crippen LogP contribution in [0.15, 0.2) is 30.3 Å². The highest BCUT2D eigenvalue weighted by Gasteiger charge is 2.54. The summed E-state index contributed by atoms with van der Waals surface area (Å²) in [6, 6.07) is 9.85. The van der Waals surface area contributed by atoms with Crippen LogP contribution in [-0.2, 0) is 13.1 Å². The van der Waals surface area contributed by atoms with Gasteiger partial charge in [0.1, 0.15) is 17.7 Å². The summed E-state index contributed by atoms with van der Waals surface area (Å²) in [7, 11) is 0. The first-order chi connectivity index (χ1) is 17.1. The van der Waals surface area contributed by atoms with Crippen molar-refractivity contribution in [2.75, 3.05) is 24.5 Å². The van der Waals surface area contributed by atoms with E-state index in [4.69, 9.17) is 16.9 Å². The molecule has 2 aliphatic heterocycles. The summed E-state index contributed by atoms with van der Waals surface area (Å²) in [5, 5.41) is 18.2. The summed E-state index contributed by atoms with van der Waals surface area (Å²) in [5.41, 5.74) is 1.31. The Morgan fingerprint density at radius 3 is 2.61 bits per heavy atom. The molecule has 1 saturated carbocycles. The van der Waals surface area contributed by atoms with E-state index >= 15 is 0 Å². The maximum absolute atomic E-state index is 13.6. The highest BCUT2D eigenvalue weighted by molar-refractivity contribution is 6.30. The first kappa shape index (κ1) is 23.2. The molecule has 6 rings (SSSR count). The van der Waals surface area contributed by atoms with Crippen molar-refractivity contribution in [2.45, 2.75) is 38.0 Å². The fraction of sp³-hybridized carbons (Fsp3) is 0.417. The molecular formula is C24H20ClF4N7. The fourth-order valence-electron chi connectivity index (χ4n) is 5.76. The molecule has 0 radical (unpaired) electrons. The van der Waals surface area contributed by atoms with Gasteiger partial charge in [-0.1, -0.05) is 11.6 Å². The van der Waals surface area contributed by atoms with Crippen LogP contribution in [0.5, 0.6) is 0 Å². The smallest absolute Gasteiger partial charge is 0.355 e. The summed E-state index contributed by atoms with van der Waals surface area (Å²) >= 11 is 6.18.